The predicted molar refractivity (Wildman–Crippen MR) is 84.3 cm³/mol. The van der Waals surface area contributed by atoms with Crippen molar-refractivity contribution in [2.24, 2.45) is 17.8 Å². The highest BCUT2D eigenvalue weighted by Crippen LogP contribution is 2.51. The Balaban J connectivity index is 1.59. The summed E-state index contributed by atoms with van der Waals surface area (Å²) in [7, 11) is 0. The maximum atomic E-state index is 12.4. The van der Waals surface area contributed by atoms with E-state index in [1.165, 1.54) is 19.3 Å². The standard InChI is InChI=1S/C18H23NO2/c1-2-21-14-11-9-13(10-12-14)19-18(20)17-15-7-5-3-4-6-8-16(15)17/h5,7,9-12,15-17H,2-4,6,8H2,1H3,(H,19,20). The fourth-order valence-corrected chi connectivity index (χ4v) is 3.33. The average Bonchev–Trinajstić information content (AvgIpc) is 3.12. The molecule has 1 N–H and O–H groups in total. The summed E-state index contributed by atoms with van der Waals surface area (Å²) in [5, 5.41) is 3.04. The summed E-state index contributed by atoms with van der Waals surface area (Å²) in [5.74, 6) is 2.20. The molecule has 0 bridgehead atoms. The molecule has 112 valence electrons. The monoisotopic (exact) mass is 285 g/mol. The molecule has 0 heterocycles. The first kappa shape index (κ1) is 14.2. The van der Waals surface area contributed by atoms with Gasteiger partial charge in [0.15, 0.2) is 0 Å². The molecule has 0 saturated heterocycles. The molecule has 0 aliphatic heterocycles. The van der Waals surface area contributed by atoms with Crippen LogP contribution in [-0.4, -0.2) is 12.5 Å². The van der Waals surface area contributed by atoms with E-state index in [-0.39, 0.29) is 11.8 Å². The highest BCUT2D eigenvalue weighted by Gasteiger charge is 2.52. The van der Waals surface area contributed by atoms with Gasteiger partial charge in [-0.2, -0.15) is 0 Å². The number of ether oxygens (including phenoxy) is 1. The van der Waals surface area contributed by atoms with Crippen LogP contribution in [0.15, 0.2) is 36.4 Å². The van der Waals surface area contributed by atoms with Gasteiger partial charge in [0.25, 0.3) is 0 Å². The second-order valence-electron chi connectivity index (χ2n) is 5.93. The van der Waals surface area contributed by atoms with Crippen molar-refractivity contribution < 1.29 is 9.53 Å². The van der Waals surface area contributed by atoms with E-state index in [2.05, 4.69) is 17.5 Å². The number of carbonyl (C=O) groups is 1. The van der Waals surface area contributed by atoms with Gasteiger partial charge in [-0.25, -0.2) is 0 Å². The van der Waals surface area contributed by atoms with Crippen molar-refractivity contribution in [2.75, 3.05) is 11.9 Å². The van der Waals surface area contributed by atoms with E-state index in [1.807, 2.05) is 31.2 Å². The van der Waals surface area contributed by atoms with Crippen molar-refractivity contribution in [2.45, 2.75) is 32.6 Å². The zero-order valence-electron chi connectivity index (χ0n) is 12.5. The lowest BCUT2D eigenvalue weighted by Crippen LogP contribution is -2.15. The van der Waals surface area contributed by atoms with E-state index < -0.39 is 0 Å². The largest absolute Gasteiger partial charge is 0.494 e. The van der Waals surface area contributed by atoms with Crippen LogP contribution < -0.4 is 10.1 Å². The van der Waals surface area contributed by atoms with Gasteiger partial charge in [-0.05, 0) is 62.3 Å². The summed E-state index contributed by atoms with van der Waals surface area (Å²) in [4.78, 5) is 12.4. The number of anilines is 1. The summed E-state index contributed by atoms with van der Waals surface area (Å²) in [5.41, 5.74) is 0.853. The van der Waals surface area contributed by atoms with Crippen molar-refractivity contribution in [3.8, 4) is 5.75 Å². The minimum atomic E-state index is 0.167. The van der Waals surface area contributed by atoms with E-state index >= 15 is 0 Å². The first-order chi connectivity index (χ1) is 10.3. The molecule has 2 aliphatic rings. The maximum Gasteiger partial charge on any atom is 0.228 e. The van der Waals surface area contributed by atoms with Gasteiger partial charge in [-0.15, -0.1) is 0 Å². The Morgan fingerprint density at radius 3 is 2.86 bits per heavy atom. The van der Waals surface area contributed by atoms with Crippen LogP contribution in [0.25, 0.3) is 0 Å². The van der Waals surface area contributed by atoms with Gasteiger partial charge in [0.05, 0.1) is 6.61 Å². The molecule has 3 rings (SSSR count). The smallest absolute Gasteiger partial charge is 0.228 e. The highest BCUT2D eigenvalue weighted by molar-refractivity contribution is 5.95. The van der Waals surface area contributed by atoms with Gasteiger partial charge in [-0.1, -0.05) is 18.6 Å². The van der Waals surface area contributed by atoms with E-state index in [9.17, 15) is 4.79 Å². The second-order valence-corrected chi connectivity index (χ2v) is 5.93. The van der Waals surface area contributed by atoms with Crippen molar-refractivity contribution in [1.82, 2.24) is 0 Å². The molecule has 3 heteroatoms. The summed E-state index contributed by atoms with van der Waals surface area (Å²) >= 11 is 0. The average molecular weight is 285 g/mol. The second kappa shape index (κ2) is 6.33. The third-order valence-electron chi connectivity index (χ3n) is 4.48. The molecular formula is C18H23NO2. The number of amides is 1. The number of hydrogen-bond donors (Lipinski definition) is 1. The Morgan fingerprint density at radius 2 is 2.10 bits per heavy atom. The van der Waals surface area contributed by atoms with Crippen LogP contribution in [0.4, 0.5) is 5.69 Å². The summed E-state index contributed by atoms with van der Waals surface area (Å²) < 4.78 is 5.41. The van der Waals surface area contributed by atoms with Crippen LogP contribution in [-0.2, 0) is 4.79 Å². The summed E-state index contributed by atoms with van der Waals surface area (Å²) in [6, 6.07) is 7.61. The van der Waals surface area contributed by atoms with Crippen molar-refractivity contribution in [1.29, 1.82) is 0 Å². The Morgan fingerprint density at radius 1 is 1.29 bits per heavy atom. The lowest BCUT2D eigenvalue weighted by atomic mass is 10.1. The fourth-order valence-electron chi connectivity index (χ4n) is 3.33. The highest BCUT2D eigenvalue weighted by atomic mass is 16.5. The van der Waals surface area contributed by atoms with Crippen molar-refractivity contribution in [3.63, 3.8) is 0 Å². The SMILES string of the molecule is CCOc1ccc(NC(=O)C2C3C=CCCCCC32)cc1. The van der Waals surface area contributed by atoms with Gasteiger partial charge >= 0.3 is 0 Å². The van der Waals surface area contributed by atoms with Crippen LogP contribution in [0, 0.1) is 17.8 Å². The Bertz CT molecular complexity index is 521. The number of carbonyl (C=O) groups excluding carboxylic acids is 1. The third kappa shape index (κ3) is 3.29. The molecular weight excluding hydrogens is 262 g/mol. The molecule has 3 atom stereocenters. The van der Waals surface area contributed by atoms with E-state index in [4.69, 9.17) is 4.74 Å². The minimum Gasteiger partial charge on any atom is -0.494 e. The minimum absolute atomic E-state index is 0.167. The van der Waals surface area contributed by atoms with Crippen molar-refractivity contribution >= 4 is 11.6 Å². The Hall–Kier alpha value is -1.77. The van der Waals surface area contributed by atoms with Crippen LogP contribution >= 0.6 is 0 Å². The summed E-state index contributed by atoms with van der Waals surface area (Å²) in [6.07, 6.45) is 9.37. The van der Waals surface area contributed by atoms with Crippen LogP contribution in [0.1, 0.15) is 32.6 Å². The number of benzene rings is 1. The van der Waals surface area contributed by atoms with E-state index in [0.29, 0.717) is 18.4 Å². The van der Waals surface area contributed by atoms with Gasteiger partial charge in [0.2, 0.25) is 5.91 Å². The Labute approximate surface area is 126 Å². The number of rotatable bonds is 4. The quantitative estimate of drug-likeness (QED) is 0.849. The maximum absolute atomic E-state index is 12.4. The van der Waals surface area contributed by atoms with Crippen LogP contribution in [0.5, 0.6) is 5.75 Å². The summed E-state index contributed by atoms with van der Waals surface area (Å²) in [6.45, 7) is 2.62. The van der Waals surface area contributed by atoms with Gasteiger partial charge < -0.3 is 10.1 Å². The number of nitrogens with one attached hydrogen (secondary N) is 1. The predicted octanol–water partition coefficient (Wildman–Crippen LogP) is 4.02. The van der Waals surface area contributed by atoms with Crippen LogP contribution in [0.2, 0.25) is 0 Å². The fraction of sp³-hybridized carbons (Fsp3) is 0.500. The number of hydrogen-bond acceptors (Lipinski definition) is 2. The van der Waals surface area contributed by atoms with Crippen molar-refractivity contribution in [3.05, 3.63) is 36.4 Å². The lowest BCUT2D eigenvalue weighted by Gasteiger charge is -2.07. The topological polar surface area (TPSA) is 38.3 Å². The molecule has 1 aromatic carbocycles. The molecule has 0 radical (unpaired) electrons. The molecule has 3 unspecified atom stereocenters. The van der Waals surface area contributed by atoms with Gasteiger partial charge in [-0.3, -0.25) is 4.79 Å². The first-order valence-corrected chi connectivity index (χ1v) is 8.00. The molecule has 1 amide bonds. The van der Waals surface area contributed by atoms with E-state index in [0.717, 1.165) is 17.9 Å². The number of fused-ring (bicyclic) bond motifs is 1. The third-order valence-corrected chi connectivity index (χ3v) is 4.48. The number of allylic oxidation sites excluding steroid dienone is 2. The van der Waals surface area contributed by atoms with Crippen LogP contribution in [0.3, 0.4) is 0 Å². The molecule has 2 aliphatic carbocycles. The van der Waals surface area contributed by atoms with Gasteiger partial charge in [0, 0.05) is 11.6 Å². The molecule has 1 saturated carbocycles. The lowest BCUT2D eigenvalue weighted by molar-refractivity contribution is -0.117. The molecule has 3 nitrogen and oxygen atoms in total. The molecule has 21 heavy (non-hydrogen) atoms. The normalized spacial score (nSPS) is 27.2. The zero-order valence-corrected chi connectivity index (χ0v) is 12.5. The molecule has 0 aromatic heterocycles. The molecule has 1 fully saturated rings. The van der Waals surface area contributed by atoms with E-state index in [1.54, 1.807) is 0 Å². The van der Waals surface area contributed by atoms with Gasteiger partial charge in [0.1, 0.15) is 5.75 Å². The first-order valence-electron chi connectivity index (χ1n) is 8.00. The molecule has 0 spiro atoms. The molecule has 1 aromatic rings. The Kier molecular flexibility index (Phi) is 4.28. The zero-order chi connectivity index (χ0) is 14.7.